The van der Waals surface area contributed by atoms with Gasteiger partial charge >= 0.3 is 0 Å². The number of carbonyl (C=O) groups is 2. The monoisotopic (exact) mass is 511 g/mol. The van der Waals surface area contributed by atoms with Crippen LogP contribution in [-0.4, -0.2) is 82.5 Å². The van der Waals surface area contributed by atoms with Crippen LogP contribution in [0.2, 0.25) is 0 Å². The zero-order valence-corrected chi connectivity index (χ0v) is 20.8. The average Bonchev–Trinajstić information content (AvgIpc) is 3.38. The first-order valence-corrected chi connectivity index (χ1v) is 12.7. The normalized spacial score (nSPS) is 21.6. The van der Waals surface area contributed by atoms with Gasteiger partial charge < -0.3 is 19.4 Å². The molecule has 0 saturated carbocycles. The third-order valence-electron chi connectivity index (χ3n) is 7.40. The summed E-state index contributed by atoms with van der Waals surface area (Å²) >= 11 is 0. The molecule has 1 aromatic carbocycles. The zero-order valence-electron chi connectivity index (χ0n) is 20.8. The molecule has 2 aliphatic rings. The maximum absolute atomic E-state index is 14.1. The second-order valence-corrected chi connectivity index (χ2v) is 9.64. The van der Waals surface area contributed by atoms with Gasteiger partial charge in [-0.05, 0) is 42.7 Å². The highest BCUT2D eigenvalue weighted by atomic mass is 19.1. The number of imidazole rings is 1. The fourth-order valence-corrected chi connectivity index (χ4v) is 5.55. The van der Waals surface area contributed by atoms with Crippen molar-refractivity contribution in [1.29, 1.82) is 0 Å². The number of rotatable bonds is 6. The Bertz CT molecular complexity index is 1260. The van der Waals surface area contributed by atoms with Gasteiger partial charge in [-0.2, -0.15) is 0 Å². The number of amides is 2. The molecule has 2 saturated heterocycles. The number of hydrogen-bond acceptors (Lipinski definition) is 5. The van der Waals surface area contributed by atoms with Gasteiger partial charge in [-0.25, -0.2) is 13.8 Å². The van der Waals surface area contributed by atoms with Gasteiger partial charge in [0, 0.05) is 44.4 Å². The number of morpholine rings is 1. The van der Waals surface area contributed by atoms with E-state index in [4.69, 9.17) is 4.74 Å². The van der Waals surface area contributed by atoms with Gasteiger partial charge in [-0.15, -0.1) is 0 Å². The van der Waals surface area contributed by atoms with E-state index < -0.39 is 17.7 Å². The summed E-state index contributed by atoms with van der Waals surface area (Å²) in [5.41, 5.74) is 1.69. The minimum atomic E-state index is -0.661. The predicted octanol–water partition coefficient (Wildman–Crippen LogP) is 2.84. The second kappa shape index (κ2) is 10.9. The summed E-state index contributed by atoms with van der Waals surface area (Å²) in [5, 5.41) is 3.15. The first kappa shape index (κ1) is 25.3. The van der Waals surface area contributed by atoms with Crippen molar-refractivity contribution in [3.63, 3.8) is 0 Å². The SMILES string of the molecule is CC[C@H](C(=O)N[C@@H]1CN(C(=O)c2cccn3cncc23)CC[C@H]1c1cc(F)cc(F)c1)N1CCOCC1. The van der Waals surface area contributed by atoms with Crippen molar-refractivity contribution >= 4 is 17.3 Å². The molecule has 37 heavy (non-hydrogen) atoms. The van der Waals surface area contributed by atoms with Gasteiger partial charge in [0.15, 0.2) is 0 Å². The highest BCUT2D eigenvalue weighted by molar-refractivity contribution is 6.00. The molecule has 2 aromatic heterocycles. The summed E-state index contributed by atoms with van der Waals surface area (Å²) in [6.45, 7) is 5.04. The molecule has 0 spiro atoms. The average molecular weight is 512 g/mol. The van der Waals surface area contributed by atoms with Crippen LogP contribution in [0.4, 0.5) is 8.78 Å². The van der Waals surface area contributed by atoms with E-state index in [1.807, 2.05) is 13.1 Å². The number of nitrogens with one attached hydrogen (secondary N) is 1. The Balaban J connectivity index is 1.41. The number of ether oxygens (including phenoxy) is 1. The van der Waals surface area contributed by atoms with Crippen molar-refractivity contribution < 1.29 is 23.1 Å². The van der Waals surface area contributed by atoms with Crippen LogP contribution in [0.3, 0.4) is 0 Å². The van der Waals surface area contributed by atoms with E-state index in [9.17, 15) is 18.4 Å². The van der Waals surface area contributed by atoms with Crippen molar-refractivity contribution in [3.8, 4) is 0 Å². The molecule has 196 valence electrons. The van der Waals surface area contributed by atoms with Gasteiger partial charge in [0.25, 0.3) is 5.91 Å². The lowest BCUT2D eigenvalue weighted by Gasteiger charge is -2.41. The zero-order chi connectivity index (χ0) is 25.9. The van der Waals surface area contributed by atoms with E-state index in [0.29, 0.717) is 62.3 Å². The molecule has 5 rings (SSSR count). The Morgan fingerprint density at radius 2 is 1.92 bits per heavy atom. The summed E-state index contributed by atoms with van der Waals surface area (Å²) in [7, 11) is 0. The molecular weight excluding hydrogens is 480 g/mol. The molecule has 2 fully saturated rings. The predicted molar refractivity (Wildman–Crippen MR) is 133 cm³/mol. The number of fused-ring (bicyclic) bond motifs is 1. The van der Waals surface area contributed by atoms with E-state index in [0.717, 1.165) is 6.07 Å². The van der Waals surface area contributed by atoms with Gasteiger partial charge in [-0.1, -0.05) is 6.92 Å². The minimum absolute atomic E-state index is 0.150. The van der Waals surface area contributed by atoms with Gasteiger partial charge in [0.1, 0.15) is 11.6 Å². The van der Waals surface area contributed by atoms with Gasteiger partial charge in [0.2, 0.25) is 5.91 Å². The Morgan fingerprint density at radius 3 is 2.65 bits per heavy atom. The Morgan fingerprint density at radius 1 is 1.16 bits per heavy atom. The fourth-order valence-electron chi connectivity index (χ4n) is 5.55. The van der Waals surface area contributed by atoms with E-state index in [1.54, 1.807) is 34.0 Å². The Hall–Kier alpha value is -3.37. The number of aromatic nitrogens is 2. The summed E-state index contributed by atoms with van der Waals surface area (Å²) in [6, 6.07) is 6.16. The number of benzene rings is 1. The van der Waals surface area contributed by atoms with Gasteiger partial charge in [-0.3, -0.25) is 14.5 Å². The lowest BCUT2D eigenvalue weighted by molar-refractivity contribution is -0.129. The molecule has 2 aliphatic heterocycles. The first-order valence-electron chi connectivity index (χ1n) is 12.7. The number of carbonyl (C=O) groups excluding carboxylic acids is 2. The molecule has 1 N–H and O–H groups in total. The summed E-state index contributed by atoms with van der Waals surface area (Å²) < 4.78 is 35.5. The molecule has 4 heterocycles. The number of halogens is 2. The first-order chi connectivity index (χ1) is 17.9. The third kappa shape index (κ3) is 5.35. The molecule has 8 nitrogen and oxygen atoms in total. The lowest BCUT2D eigenvalue weighted by Crippen LogP contribution is -2.58. The van der Waals surface area contributed by atoms with Crippen LogP contribution in [0.15, 0.2) is 49.1 Å². The smallest absolute Gasteiger partial charge is 0.256 e. The molecule has 10 heteroatoms. The third-order valence-corrected chi connectivity index (χ3v) is 7.40. The van der Waals surface area contributed by atoms with E-state index >= 15 is 0 Å². The highest BCUT2D eigenvalue weighted by Crippen LogP contribution is 2.31. The topological polar surface area (TPSA) is 79.2 Å². The molecule has 3 aromatic rings. The summed E-state index contributed by atoms with van der Waals surface area (Å²) in [6.07, 6.45) is 6.17. The van der Waals surface area contributed by atoms with Crippen LogP contribution >= 0.6 is 0 Å². The Kier molecular flexibility index (Phi) is 7.48. The highest BCUT2D eigenvalue weighted by Gasteiger charge is 2.36. The van der Waals surface area contributed by atoms with E-state index in [1.165, 1.54) is 12.1 Å². The molecule has 2 amide bonds. The number of piperidine rings is 1. The van der Waals surface area contributed by atoms with E-state index in [2.05, 4.69) is 15.2 Å². The van der Waals surface area contributed by atoms with Crippen molar-refractivity contribution in [2.24, 2.45) is 0 Å². The molecule has 0 unspecified atom stereocenters. The largest absolute Gasteiger partial charge is 0.379 e. The van der Waals surface area contributed by atoms with Crippen molar-refractivity contribution in [2.45, 2.75) is 37.8 Å². The molecule has 0 bridgehead atoms. The number of pyridine rings is 1. The lowest BCUT2D eigenvalue weighted by atomic mass is 9.84. The van der Waals surface area contributed by atoms with Crippen LogP contribution in [0, 0.1) is 11.6 Å². The van der Waals surface area contributed by atoms with Crippen LogP contribution in [0.25, 0.3) is 5.52 Å². The van der Waals surface area contributed by atoms with Crippen LogP contribution < -0.4 is 5.32 Å². The number of hydrogen-bond donors (Lipinski definition) is 1. The summed E-state index contributed by atoms with van der Waals surface area (Å²) in [4.78, 5) is 35.0. The van der Waals surface area contributed by atoms with Crippen LogP contribution in [0.1, 0.15) is 41.6 Å². The molecular formula is C27H31F2N5O3. The van der Waals surface area contributed by atoms with Crippen molar-refractivity contribution in [2.75, 3.05) is 39.4 Å². The number of likely N-dealkylation sites (tertiary alicyclic amines) is 1. The van der Waals surface area contributed by atoms with Crippen molar-refractivity contribution in [3.05, 3.63) is 71.8 Å². The second-order valence-electron chi connectivity index (χ2n) is 9.64. The van der Waals surface area contributed by atoms with Gasteiger partial charge in [0.05, 0.1) is 48.9 Å². The van der Waals surface area contributed by atoms with Crippen molar-refractivity contribution in [1.82, 2.24) is 24.5 Å². The van der Waals surface area contributed by atoms with E-state index in [-0.39, 0.29) is 30.3 Å². The molecule has 0 radical (unpaired) electrons. The molecule has 0 aliphatic carbocycles. The standard InChI is InChI=1S/C27H31F2N5O3/c1-2-24(32-8-10-37-11-9-32)26(35)31-23-16-33(7-5-21(23)18-12-19(28)14-20(29)13-18)27(36)22-4-3-6-34-17-30-15-25(22)34/h3-4,6,12-15,17,21,23-24H,2,5,7-11,16H2,1H3,(H,31,35)/t21-,23+,24+/m0/s1. The maximum atomic E-state index is 14.1. The Labute approximate surface area is 214 Å². The molecule has 3 atom stereocenters. The fraction of sp³-hybridized carbons (Fsp3) is 0.444. The minimum Gasteiger partial charge on any atom is -0.379 e. The van der Waals surface area contributed by atoms with Crippen LogP contribution in [-0.2, 0) is 9.53 Å². The number of nitrogens with zero attached hydrogens (tertiary/aromatic N) is 4. The maximum Gasteiger partial charge on any atom is 0.256 e. The quantitative estimate of drug-likeness (QED) is 0.551. The van der Waals surface area contributed by atoms with Crippen LogP contribution in [0.5, 0.6) is 0 Å². The summed E-state index contributed by atoms with van der Waals surface area (Å²) in [5.74, 6) is -1.99.